The minimum Gasteiger partial charge on any atom is -0.310 e. The van der Waals surface area contributed by atoms with Gasteiger partial charge >= 0.3 is 0 Å². The molecule has 1 unspecified atom stereocenters. The summed E-state index contributed by atoms with van der Waals surface area (Å²) in [6.07, 6.45) is 10.7. The molecule has 0 radical (unpaired) electrons. The van der Waals surface area contributed by atoms with Gasteiger partial charge in [-0.3, -0.25) is 0 Å². The lowest BCUT2D eigenvalue weighted by Crippen LogP contribution is -2.23. The third-order valence-corrected chi connectivity index (χ3v) is 4.61. The van der Waals surface area contributed by atoms with Crippen molar-refractivity contribution < 1.29 is 0 Å². The summed E-state index contributed by atoms with van der Waals surface area (Å²) in [6.45, 7) is 5.60. The van der Waals surface area contributed by atoms with E-state index in [0.717, 1.165) is 18.8 Å². The van der Waals surface area contributed by atoms with Crippen molar-refractivity contribution in [3.63, 3.8) is 0 Å². The molecule has 3 nitrogen and oxygen atoms in total. The number of aromatic nitrogens is 2. The number of aryl methyl sites for hydroxylation is 1. The normalized spacial score (nSPS) is 24.6. The van der Waals surface area contributed by atoms with Crippen molar-refractivity contribution in [1.29, 1.82) is 0 Å². The number of rotatable bonds is 4. The summed E-state index contributed by atoms with van der Waals surface area (Å²) in [5.41, 5.74) is 2.96. The minimum absolute atomic E-state index is 0.285. The number of nitrogens with one attached hydrogen (secondary N) is 1. The van der Waals surface area contributed by atoms with Crippen molar-refractivity contribution in [3.8, 4) is 0 Å². The van der Waals surface area contributed by atoms with Gasteiger partial charge in [-0.25, -0.2) is 9.97 Å². The maximum Gasteiger partial charge on any atom is 0.134 e. The Labute approximate surface area is 116 Å². The molecule has 1 heterocycles. The third kappa shape index (κ3) is 2.66. The van der Waals surface area contributed by atoms with Gasteiger partial charge in [-0.05, 0) is 45.1 Å². The molecule has 0 bridgehead atoms. The van der Waals surface area contributed by atoms with E-state index in [1.54, 1.807) is 0 Å². The topological polar surface area (TPSA) is 37.8 Å². The van der Waals surface area contributed by atoms with Crippen molar-refractivity contribution >= 4 is 0 Å². The molecule has 1 atom stereocenters. The van der Waals surface area contributed by atoms with Gasteiger partial charge in [-0.2, -0.15) is 0 Å². The molecule has 0 amide bonds. The summed E-state index contributed by atoms with van der Waals surface area (Å²) in [7, 11) is 0. The lowest BCUT2D eigenvalue weighted by molar-refractivity contribution is 0.487. The molecule has 2 aliphatic carbocycles. The van der Waals surface area contributed by atoms with Gasteiger partial charge in [0.05, 0.1) is 0 Å². The molecule has 3 heteroatoms. The van der Waals surface area contributed by atoms with Crippen LogP contribution >= 0.6 is 0 Å². The second kappa shape index (κ2) is 5.20. The van der Waals surface area contributed by atoms with Crippen molar-refractivity contribution in [3.05, 3.63) is 23.3 Å². The van der Waals surface area contributed by atoms with Gasteiger partial charge in [0.25, 0.3) is 0 Å². The standard InChI is InChI=1S/C16H25N3/c1-3-10-17-13-6-4-5-7-14-12(13)11-18-15(19-14)16(2)8-9-16/h11,13,17H,3-10H2,1-2H3. The van der Waals surface area contributed by atoms with E-state index >= 15 is 0 Å². The SMILES string of the molecule is CCCNC1CCCCc2nc(C3(C)CC3)ncc21. The molecule has 1 N–H and O–H groups in total. The van der Waals surface area contributed by atoms with Crippen molar-refractivity contribution in [2.24, 2.45) is 0 Å². The van der Waals surface area contributed by atoms with Crippen LogP contribution in [0.3, 0.4) is 0 Å². The number of hydrogen-bond donors (Lipinski definition) is 1. The molecule has 0 aromatic carbocycles. The van der Waals surface area contributed by atoms with Crippen LogP contribution in [0.25, 0.3) is 0 Å². The molecule has 1 fully saturated rings. The fourth-order valence-electron chi connectivity index (χ4n) is 2.95. The van der Waals surface area contributed by atoms with Crippen LogP contribution in [0.2, 0.25) is 0 Å². The molecule has 3 rings (SSSR count). The molecule has 1 aromatic heterocycles. The largest absolute Gasteiger partial charge is 0.310 e. The summed E-state index contributed by atoms with van der Waals surface area (Å²) >= 11 is 0. The summed E-state index contributed by atoms with van der Waals surface area (Å²) < 4.78 is 0. The maximum absolute atomic E-state index is 4.91. The van der Waals surface area contributed by atoms with E-state index in [1.165, 1.54) is 49.8 Å². The molecule has 0 aliphatic heterocycles. The van der Waals surface area contributed by atoms with Crippen LogP contribution in [0.4, 0.5) is 0 Å². The highest BCUT2D eigenvalue weighted by Crippen LogP contribution is 2.46. The molecule has 1 aromatic rings. The van der Waals surface area contributed by atoms with E-state index in [2.05, 4.69) is 30.3 Å². The number of nitrogens with zero attached hydrogens (tertiary/aromatic N) is 2. The smallest absolute Gasteiger partial charge is 0.134 e. The second-order valence-corrected chi connectivity index (χ2v) is 6.41. The van der Waals surface area contributed by atoms with E-state index < -0.39 is 0 Å². The van der Waals surface area contributed by atoms with E-state index in [4.69, 9.17) is 4.98 Å². The van der Waals surface area contributed by atoms with Gasteiger partial charge in [-0.15, -0.1) is 0 Å². The lowest BCUT2D eigenvalue weighted by atomic mass is 10.0. The van der Waals surface area contributed by atoms with Crippen LogP contribution in [0, 0.1) is 0 Å². The molecular formula is C16H25N3. The zero-order valence-electron chi connectivity index (χ0n) is 12.2. The first-order valence-corrected chi connectivity index (χ1v) is 7.82. The predicted octanol–water partition coefficient (Wildman–Crippen LogP) is 3.30. The van der Waals surface area contributed by atoms with Crippen LogP contribution in [0.15, 0.2) is 6.20 Å². The Hall–Kier alpha value is -0.960. The number of hydrogen-bond acceptors (Lipinski definition) is 3. The molecule has 0 spiro atoms. The van der Waals surface area contributed by atoms with Gasteiger partial charge in [0, 0.05) is 28.9 Å². The summed E-state index contributed by atoms with van der Waals surface area (Å²) in [6, 6.07) is 0.471. The zero-order chi connectivity index (χ0) is 13.3. The van der Waals surface area contributed by atoms with Crippen LogP contribution < -0.4 is 5.32 Å². The highest BCUT2D eigenvalue weighted by atomic mass is 15.0. The van der Waals surface area contributed by atoms with Gasteiger partial charge in [0.2, 0.25) is 0 Å². The predicted molar refractivity (Wildman–Crippen MR) is 77.2 cm³/mol. The average molecular weight is 259 g/mol. The van der Waals surface area contributed by atoms with Gasteiger partial charge < -0.3 is 5.32 Å². The highest BCUT2D eigenvalue weighted by Gasteiger charge is 2.42. The molecule has 19 heavy (non-hydrogen) atoms. The molecular weight excluding hydrogens is 234 g/mol. The monoisotopic (exact) mass is 259 g/mol. The van der Waals surface area contributed by atoms with Crippen LogP contribution in [0.5, 0.6) is 0 Å². The fraction of sp³-hybridized carbons (Fsp3) is 0.750. The van der Waals surface area contributed by atoms with Gasteiger partial charge in [0.1, 0.15) is 5.82 Å². The molecule has 104 valence electrons. The van der Waals surface area contributed by atoms with Gasteiger partial charge in [0.15, 0.2) is 0 Å². The van der Waals surface area contributed by atoms with E-state index in [1.807, 2.05) is 0 Å². The molecule has 1 saturated carbocycles. The second-order valence-electron chi connectivity index (χ2n) is 6.41. The van der Waals surface area contributed by atoms with Crippen molar-refractivity contribution in [1.82, 2.24) is 15.3 Å². The Morgan fingerprint density at radius 3 is 2.95 bits per heavy atom. The van der Waals surface area contributed by atoms with Crippen LogP contribution in [0.1, 0.15) is 75.5 Å². The average Bonchev–Trinajstić information content (AvgIpc) is 3.20. The highest BCUT2D eigenvalue weighted by molar-refractivity contribution is 5.27. The maximum atomic E-state index is 4.91. The third-order valence-electron chi connectivity index (χ3n) is 4.61. The van der Waals surface area contributed by atoms with Crippen molar-refractivity contribution in [2.75, 3.05) is 6.54 Å². The first kappa shape index (κ1) is 13.0. The summed E-state index contributed by atoms with van der Waals surface area (Å²) in [5, 5.41) is 3.66. The first-order chi connectivity index (χ1) is 9.23. The Morgan fingerprint density at radius 1 is 1.37 bits per heavy atom. The zero-order valence-corrected chi connectivity index (χ0v) is 12.2. The van der Waals surface area contributed by atoms with Crippen molar-refractivity contribution in [2.45, 2.75) is 70.3 Å². The van der Waals surface area contributed by atoms with Gasteiger partial charge in [-0.1, -0.05) is 20.3 Å². The molecule has 0 saturated heterocycles. The summed E-state index contributed by atoms with van der Waals surface area (Å²) in [5.74, 6) is 1.09. The Kier molecular flexibility index (Phi) is 3.57. The minimum atomic E-state index is 0.285. The van der Waals surface area contributed by atoms with Crippen LogP contribution in [-0.2, 0) is 11.8 Å². The van der Waals surface area contributed by atoms with E-state index in [0.29, 0.717) is 6.04 Å². The molecule has 2 aliphatic rings. The number of fused-ring (bicyclic) bond motifs is 1. The van der Waals surface area contributed by atoms with E-state index in [-0.39, 0.29) is 5.41 Å². The Morgan fingerprint density at radius 2 is 2.21 bits per heavy atom. The van der Waals surface area contributed by atoms with E-state index in [9.17, 15) is 0 Å². The Bertz CT molecular complexity index is 451. The summed E-state index contributed by atoms with van der Waals surface area (Å²) in [4.78, 5) is 9.59. The fourth-order valence-corrected chi connectivity index (χ4v) is 2.95. The first-order valence-electron chi connectivity index (χ1n) is 7.82. The van der Waals surface area contributed by atoms with Crippen LogP contribution in [-0.4, -0.2) is 16.5 Å². The lowest BCUT2D eigenvalue weighted by Gasteiger charge is -2.19. The Balaban J connectivity index is 1.87. The quantitative estimate of drug-likeness (QED) is 0.843.